The number of carbonyl (C=O) groups is 2. The van der Waals surface area contributed by atoms with Gasteiger partial charge in [0.15, 0.2) is 5.78 Å². The van der Waals surface area contributed by atoms with E-state index in [4.69, 9.17) is 0 Å². The molecule has 0 saturated heterocycles. The van der Waals surface area contributed by atoms with Gasteiger partial charge in [0.2, 0.25) is 5.16 Å². The Morgan fingerprint density at radius 2 is 2.09 bits per heavy atom. The highest BCUT2D eigenvalue weighted by Crippen LogP contribution is 2.18. The van der Waals surface area contributed by atoms with Gasteiger partial charge in [-0.15, -0.1) is 5.10 Å². The van der Waals surface area contributed by atoms with Crippen molar-refractivity contribution in [3.05, 3.63) is 22.5 Å². The highest BCUT2D eigenvalue weighted by Gasteiger charge is 2.19. The normalized spacial score (nSPS) is 10.7. The molecule has 0 aliphatic rings. The summed E-state index contributed by atoms with van der Waals surface area (Å²) in [5.74, 6) is 0.391. The van der Waals surface area contributed by atoms with Crippen LogP contribution in [-0.2, 0) is 7.05 Å². The Kier molecular flexibility index (Phi) is 4.96. The van der Waals surface area contributed by atoms with E-state index in [-0.39, 0.29) is 11.7 Å². The number of Topliss-reactive ketones (excluding diaryl/α,β-unsaturated/α-hetero) is 1. The Morgan fingerprint density at radius 1 is 1.36 bits per heavy atom. The predicted molar refractivity (Wildman–Crippen MR) is 82.1 cm³/mol. The summed E-state index contributed by atoms with van der Waals surface area (Å²) in [5.41, 5.74) is 2.41. The lowest BCUT2D eigenvalue weighted by molar-refractivity contribution is 0.0955. The van der Waals surface area contributed by atoms with Gasteiger partial charge in [0.25, 0.3) is 5.91 Å². The Bertz CT molecular complexity index is 705. The van der Waals surface area contributed by atoms with E-state index < -0.39 is 0 Å². The molecule has 0 bridgehead atoms. The Hall–Kier alpha value is -2.16. The molecule has 22 heavy (non-hydrogen) atoms. The van der Waals surface area contributed by atoms with E-state index in [1.165, 1.54) is 18.7 Å². The standard InChI is InChI=1S/C13H18N6O2S/c1-7-10(8(2)15-11(7)9(3)20)12(21)14-5-6-22-13-16-17-18-19(13)4/h15H,5-6H2,1-4H3,(H,14,21). The molecule has 118 valence electrons. The summed E-state index contributed by atoms with van der Waals surface area (Å²) in [6.45, 7) is 5.52. The minimum atomic E-state index is -0.185. The number of amides is 1. The zero-order valence-electron chi connectivity index (χ0n) is 12.9. The maximum atomic E-state index is 12.3. The number of tetrazole rings is 1. The third kappa shape index (κ3) is 3.35. The van der Waals surface area contributed by atoms with Crippen LogP contribution in [0, 0.1) is 13.8 Å². The number of nitrogens with zero attached hydrogens (tertiary/aromatic N) is 4. The molecule has 0 fully saturated rings. The first kappa shape index (κ1) is 16.2. The highest BCUT2D eigenvalue weighted by molar-refractivity contribution is 7.99. The molecule has 8 nitrogen and oxygen atoms in total. The van der Waals surface area contributed by atoms with Crippen LogP contribution in [0.5, 0.6) is 0 Å². The number of thioether (sulfide) groups is 1. The number of rotatable bonds is 6. The number of aromatic nitrogens is 5. The molecule has 0 radical (unpaired) electrons. The summed E-state index contributed by atoms with van der Waals surface area (Å²) in [6.07, 6.45) is 0. The van der Waals surface area contributed by atoms with Gasteiger partial charge in [-0.1, -0.05) is 11.8 Å². The van der Waals surface area contributed by atoms with Crippen molar-refractivity contribution in [2.45, 2.75) is 25.9 Å². The minimum Gasteiger partial charge on any atom is -0.355 e. The highest BCUT2D eigenvalue weighted by atomic mass is 32.2. The summed E-state index contributed by atoms with van der Waals surface area (Å²) in [7, 11) is 1.76. The van der Waals surface area contributed by atoms with E-state index in [9.17, 15) is 9.59 Å². The Morgan fingerprint density at radius 3 is 2.64 bits per heavy atom. The zero-order valence-corrected chi connectivity index (χ0v) is 13.7. The largest absolute Gasteiger partial charge is 0.355 e. The molecule has 2 heterocycles. The maximum absolute atomic E-state index is 12.3. The molecule has 0 aliphatic carbocycles. The zero-order chi connectivity index (χ0) is 16.3. The van der Waals surface area contributed by atoms with Crippen molar-refractivity contribution in [1.82, 2.24) is 30.5 Å². The number of hydrogen-bond donors (Lipinski definition) is 2. The molecule has 2 aromatic heterocycles. The van der Waals surface area contributed by atoms with Crippen LogP contribution in [0.15, 0.2) is 5.16 Å². The van der Waals surface area contributed by atoms with Crippen LogP contribution in [0.2, 0.25) is 0 Å². The van der Waals surface area contributed by atoms with E-state index in [2.05, 4.69) is 25.8 Å². The van der Waals surface area contributed by atoms with Gasteiger partial charge >= 0.3 is 0 Å². The smallest absolute Gasteiger partial charge is 0.253 e. The van der Waals surface area contributed by atoms with Crippen LogP contribution in [0.4, 0.5) is 0 Å². The third-order valence-electron chi connectivity index (χ3n) is 3.22. The fourth-order valence-electron chi connectivity index (χ4n) is 2.18. The van der Waals surface area contributed by atoms with Crippen LogP contribution in [0.1, 0.15) is 39.0 Å². The average molecular weight is 322 g/mol. The van der Waals surface area contributed by atoms with Gasteiger partial charge in [0.1, 0.15) is 0 Å². The second-order valence-corrected chi connectivity index (χ2v) is 5.93. The minimum absolute atomic E-state index is 0.0787. The molecule has 0 aromatic carbocycles. The first-order valence-electron chi connectivity index (χ1n) is 6.75. The molecular formula is C13H18N6O2S. The van der Waals surface area contributed by atoms with Crippen molar-refractivity contribution in [1.29, 1.82) is 0 Å². The van der Waals surface area contributed by atoms with E-state index in [1.807, 2.05) is 0 Å². The topological polar surface area (TPSA) is 106 Å². The van der Waals surface area contributed by atoms with Gasteiger partial charge in [-0.05, 0) is 29.8 Å². The van der Waals surface area contributed by atoms with E-state index in [0.29, 0.717) is 40.0 Å². The lowest BCUT2D eigenvalue weighted by Crippen LogP contribution is -2.26. The lowest BCUT2D eigenvalue weighted by atomic mass is 10.1. The van der Waals surface area contributed by atoms with Crippen LogP contribution >= 0.6 is 11.8 Å². The van der Waals surface area contributed by atoms with Gasteiger partial charge in [-0.2, -0.15) is 0 Å². The van der Waals surface area contributed by atoms with Crippen LogP contribution in [0.3, 0.4) is 0 Å². The summed E-state index contributed by atoms with van der Waals surface area (Å²) in [5, 5.41) is 14.7. The number of aryl methyl sites for hydroxylation is 2. The molecule has 0 atom stereocenters. The van der Waals surface area contributed by atoms with Crippen molar-refractivity contribution in [3.63, 3.8) is 0 Å². The molecule has 0 spiro atoms. The quantitative estimate of drug-likeness (QED) is 0.464. The lowest BCUT2D eigenvalue weighted by Gasteiger charge is -2.05. The summed E-state index contributed by atoms with van der Waals surface area (Å²) in [4.78, 5) is 26.7. The maximum Gasteiger partial charge on any atom is 0.253 e. The van der Waals surface area contributed by atoms with Gasteiger partial charge in [0, 0.05) is 32.0 Å². The number of aromatic amines is 1. The van der Waals surface area contributed by atoms with Crippen molar-refractivity contribution in [2.24, 2.45) is 7.05 Å². The first-order chi connectivity index (χ1) is 10.4. The van der Waals surface area contributed by atoms with Gasteiger partial charge in [0.05, 0.1) is 11.3 Å². The Labute approximate surface area is 132 Å². The molecule has 2 N–H and O–H groups in total. The molecule has 0 aliphatic heterocycles. The van der Waals surface area contributed by atoms with E-state index in [1.54, 1.807) is 25.6 Å². The van der Waals surface area contributed by atoms with E-state index >= 15 is 0 Å². The van der Waals surface area contributed by atoms with Gasteiger partial charge in [-0.3, -0.25) is 9.59 Å². The Balaban J connectivity index is 1.93. The molecule has 0 saturated carbocycles. The van der Waals surface area contributed by atoms with Crippen molar-refractivity contribution < 1.29 is 9.59 Å². The fraction of sp³-hybridized carbons (Fsp3) is 0.462. The van der Waals surface area contributed by atoms with Gasteiger partial charge < -0.3 is 10.3 Å². The van der Waals surface area contributed by atoms with Crippen LogP contribution in [-0.4, -0.2) is 49.2 Å². The summed E-state index contributed by atoms with van der Waals surface area (Å²) < 4.78 is 1.58. The van der Waals surface area contributed by atoms with Crippen molar-refractivity contribution in [3.8, 4) is 0 Å². The molecule has 0 unspecified atom stereocenters. The molecular weight excluding hydrogens is 304 g/mol. The van der Waals surface area contributed by atoms with Crippen LogP contribution < -0.4 is 5.32 Å². The third-order valence-corrected chi connectivity index (χ3v) is 4.23. The number of carbonyl (C=O) groups excluding carboxylic acids is 2. The fourth-order valence-corrected chi connectivity index (χ4v) is 2.89. The molecule has 1 amide bonds. The van der Waals surface area contributed by atoms with E-state index in [0.717, 1.165) is 0 Å². The SMILES string of the molecule is CC(=O)c1[nH]c(C)c(C(=O)NCCSc2nnnn2C)c1C. The molecule has 2 rings (SSSR count). The second-order valence-electron chi connectivity index (χ2n) is 4.87. The van der Waals surface area contributed by atoms with Crippen molar-refractivity contribution in [2.75, 3.05) is 12.3 Å². The summed E-state index contributed by atoms with van der Waals surface area (Å²) >= 11 is 1.46. The average Bonchev–Trinajstić information content (AvgIpc) is 2.98. The molecule has 9 heteroatoms. The van der Waals surface area contributed by atoms with Gasteiger partial charge in [-0.25, -0.2) is 4.68 Å². The number of hydrogen-bond acceptors (Lipinski definition) is 6. The van der Waals surface area contributed by atoms with Crippen LogP contribution in [0.25, 0.3) is 0 Å². The number of ketones is 1. The second kappa shape index (κ2) is 6.73. The predicted octanol–water partition coefficient (Wildman–Crippen LogP) is 0.880. The monoisotopic (exact) mass is 322 g/mol. The number of H-pyrrole nitrogens is 1. The first-order valence-corrected chi connectivity index (χ1v) is 7.73. The van der Waals surface area contributed by atoms with Crippen molar-refractivity contribution >= 4 is 23.5 Å². The summed E-state index contributed by atoms with van der Waals surface area (Å²) in [6, 6.07) is 0. The molecule has 2 aromatic rings. The number of nitrogens with one attached hydrogen (secondary N) is 2.